The molecule has 3 heteroatoms. The van der Waals surface area contributed by atoms with Gasteiger partial charge in [0.25, 0.3) is 0 Å². The molecule has 3 nitrogen and oxygen atoms in total. The highest BCUT2D eigenvalue weighted by molar-refractivity contribution is 5.80. The summed E-state index contributed by atoms with van der Waals surface area (Å²) in [6.45, 7) is 6.80. The van der Waals surface area contributed by atoms with Gasteiger partial charge in [-0.15, -0.1) is 0 Å². The summed E-state index contributed by atoms with van der Waals surface area (Å²) < 4.78 is 0. The zero-order valence-corrected chi connectivity index (χ0v) is 8.76. The minimum atomic E-state index is -0.817. The predicted molar refractivity (Wildman–Crippen MR) is 50.5 cm³/mol. The number of aliphatic carboxylic acids is 1. The van der Waals surface area contributed by atoms with E-state index in [4.69, 9.17) is 5.11 Å². The minimum absolute atomic E-state index is 0.0564. The number of rotatable bonds is 5. The molecular formula is C10H18O3. The normalized spacial score (nSPS) is 17.5. The molecule has 0 fully saturated rings. The fraction of sp³-hybridized carbons (Fsp3) is 0.800. The maximum Gasteiger partial charge on any atom is 0.309 e. The van der Waals surface area contributed by atoms with Crippen LogP contribution in [0.25, 0.3) is 0 Å². The van der Waals surface area contributed by atoms with Crippen molar-refractivity contribution in [2.24, 2.45) is 11.3 Å². The van der Waals surface area contributed by atoms with Crippen molar-refractivity contribution in [3.8, 4) is 0 Å². The molecule has 13 heavy (non-hydrogen) atoms. The zero-order chi connectivity index (χ0) is 10.6. The quantitative estimate of drug-likeness (QED) is 0.715. The Hall–Kier alpha value is -0.860. The summed E-state index contributed by atoms with van der Waals surface area (Å²) in [5.74, 6) is -0.926. The Balaban J connectivity index is 4.45. The van der Waals surface area contributed by atoms with E-state index in [1.165, 1.54) is 6.92 Å². The van der Waals surface area contributed by atoms with Gasteiger partial charge in [0.15, 0.2) is 0 Å². The third-order valence-electron chi connectivity index (χ3n) is 2.75. The lowest BCUT2D eigenvalue weighted by molar-refractivity contribution is -0.149. The van der Waals surface area contributed by atoms with Crippen LogP contribution >= 0.6 is 0 Å². The van der Waals surface area contributed by atoms with Gasteiger partial charge >= 0.3 is 5.97 Å². The molecule has 0 aromatic carbocycles. The van der Waals surface area contributed by atoms with Crippen LogP contribution in [0.1, 0.15) is 40.5 Å². The van der Waals surface area contributed by atoms with Gasteiger partial charge in [-0.25, -0.2) is 0 Å². The Morgan fingerprint density at radius 1 is 1.46 bits per heavy atom. The molecule has 0 radical (unpaired) electrons. The molecule has 0 aliphatic heterocycles. The molecule has 2 unspecified atom stereocenters. The first kappa shape index (κ1) is 12.1. The molecule has 0 saturated heterocycles. The number of carbonyl (C=O) groups excluding carboxylic acids is 1. The molecule has 0 spiro atoms. The summed E-state index contributed by atoms with van der Waals surface area (Å²) in [6.07, 6.45) is 0.980. The molecule has 0 aliphatic carbocycles. The van der Waals surface area contributed by atoms with Gasteiger partial charge in [-0.1, -0.05) is 13.8 Å². The highest BCUT2D eigenvalue weighted by Crippen LogP contribution is 2.30. The molecule has 0 aliphatic rings. The topological polar surface area (TPSA) is 54.4 Å². The molecule has 0 aromatic rings. The molecule has 2 atom stereocenters. The maximum absolute atomic E-state index is 11.0. The van der Waals surface area contributed by atoms with E-state index in [-0.39, 0.29) is 11.7 Å². The van der Waals surface area contributed by atoms with Gasteiger partial charge in [0.05, 0.1) is 5.41 Å². The lowest BCUT2D eigenvalue weighted by atomic mass is 9.78. The van der Waals surface area contributed by atoms with Gasteiger partial charge in [-0.3, -0.25) is 9.59 Å². The zero-order valence-electron chi connectivity index (χ0n) is 8.76. The number of Topliss-reactive ketones (excluding diaryl/α,β-unsaturated/α-hetero) is 1. The van der Waals surface area contributed by atoms with Crippen molar-refractivity contribution in [3.05, 3.63) is 0 Å². The largest absolute Gasteiger partial charge is 0.481 e. The minimum Gasteiger partial charge on any atom is -0.481 e. The van der Waals surface area contributed by atoms with Crippen LogP contribution in [0.2, 0.25) is 0 Å². The molecule has 0 aromatic heterocycles. The summed E-state index contributed by atoms with van der Waals surface area (Å²) in [5.41, 5.74) is -0.759. The van der Waals surface area contributed by atoms with Crippen LogP contribution in [0.5, 0.6) is 0 Å². The first-order chi connectivity index (χ1) is 5.83. The second-order valence-corrected chi connectivity index (χ2v) is 3.94. The van der Waals surface area contributed by atoms with Crippen molar-refractivity contribution in [1.29, 1.82) is 0 Å². The molecule has 76 valence electrons. The smallest absolute Gasteiger partial charge is 0.309 e. The Bertz CT molecular complexity index is 210. The highest BCUT2D eigenvalue weighted by Gasteiger charge is 2.33. The van der Waals surface area contributed by atoms with Gasteiger partial charge < -0.3 is 5.11 Å². The van der Waals surface area contributed by atoms with Crippen LogP contribution in [0.4, 0.5) is 0 Å². The Kier molecular flexibility index (Phi) is 4.11. The van der Waals surface area contributed by atoms with Crippen molar-refractivity contribution in [1.82, 2.24) is 0 Å². The molecule has 1 N–H and O–H groups in total. The van der Waals surface area contributed by atoms with E-state index in [9.17, 15) is 9.59 Å². The van der Waals surface area contributed by atoms with Gasteiger partial charge in [0.1, 0.15) is 5.78 Å². The molecule has 0 rings (SSSR count). The molecular weight excluding hydrogens is 168 g/mol. The van der Waals surface area contributed by atoms with Crippen molar-refractivity contribution in [2.45, 2.75) is 40.5 Å². The van der Waals surface area contributed by atoms with Crippen molar-refractivity contribution < 1.29 is 14.7 Å². The monoisotopic (exact) mass is 186 g/mol. The average Bonchev–Trinajstić information content (AvgIpc) is 2.03. The van der Waals surface area contributed by atoms with E-state index in [1.54, 1.807) is 13.8 Å². The number of hydrogen-bond donors (Lipinski definition) is 1. The Morgan fingerprint density at radius 2 is 1.92 bits per heavy atom. The third-order valence-corrected chi connectivity index (χ3v) is 2.75. The maximum atomic E-state index is 11.0. The van der Waals surface area contributed by atoms with Gasteiger partial charge in [-0.2, -0.15) is 0 Å². The summed E-state index contributed by atoms with van der Waals surface area (Å²) in [7, 11) is 0. The van der Waals surface area contributed by atoms with E-state index < -0.39 is 11.4 Å². The van der Waals surface area contributed by atoms with Crippen molar-refractivity contribution >= 4 is 11.8 Å². The third kappa shape index (κ3) is 3.17. The van der Waals surface area contributed by atoms with E-state index in [2.05, 4.69) is 0 Å². The number of hydrogen-bond acceptors (Lipinski definition) is 2. The summed E-state index contributed by atoms with van der Waals surface area (Å²) >= 11 is 0. The fourth-order valence-corrected chi connectivity index (χ4v) is 1.20. The number of carbonyl (C=O) groups is 2. The number of carboxylic acid groups (broad SMARTS) is 1. The second kappa shape index (κ2) is 4.40. The molecule has 0 saturated carbocycles. The van der Waals surface area contributed by atoms with Crippen LogP contribution in [-0.4, -0.2) is 16.9 Å². The highest BCUT2D eigenvalue weighted by atomic mass is 16.4. The SMILES string of the molecule is CCC(C)(CC(C)C(C)=O)C(=O)O. The van der Waals surface area contributed by atoms with Gasteiger partial charge in [-0.05, 0) is 26.7 Å². The van der Waals surface area contributed by atoms with Crippen molar-refractivity contribution in [3.63, 3.8) is 0 Å². The fourth-order valence-electron chi connectivity index (χ4n) is 1.20. The Morgan fingerprint density at radius 3 is 2.15 bits per heavy atom. The molecule has 0 bridgehead atoms. The van der Waals surface area contributed by atoms with Crippen LogP contribution in [0, 0.1) is 11.3 Å². The average molecular weight is 186 g/mol. The van der Waals surface area contributed by atoms with Crippen LogP contribution in [0.15, 0.2) is 0 Å². The lowest BCUT2D eigenvalue weighted by Crippen LogP contribution is -2.30. The Labute approximate surface area is 79.1 Å². The van der Waals surface area contributed by atoms with Gasteiger partial charge in [0, 0.05) is 5.92 Å². The standard InChI is InChI=1S/C10H18O3/c1-5-10(4,9(12)13)6-7(2)8(3)11/h7H,5-6H2,1-4H3,(H,12,13). The first-order valence-electron chi connectivity index (χ1n) is 4.57. The van der Waals surface area contributed by atoms with E-state index in [0.29, 0.717) is 12.8 Å². The summed E-state index contributed by atoms with van der Waals surface area (Å²) in [5, 5.41) is 8.95. The summed E-state index contributed by atoms with van der Waals surface area (Å²) in [6, 6.07) is 0. The molecule has 0 amide bonds. The van der Waals surface area contributed by atoms with Crippen molar-refractivity contribution in [2.75, 3.05) is 0 Å². The summed E-state index contributed by atoms with van der Waals surface area (Å²) in [4.78, 5) is 21.9. The van der Waals surface area contributed by atoms with Crippen LogP contribution in [-0.2, 0) is 9.59 Å². The van der Waals surface area contributed by atoms with E-state index in [1.807, 2.05) is 6.92 Å². The number of ketones is 1. The predicted octanol–water partition coefficient (Wildman–Crippen LogP) is 2.10. The molecule has 0 heterocycles. The van der Waals surface area contributed by atoms with Crippen LogP contribution < -0.4 is 0 Å². The van der Waals surface area contributed by atoms with Crippen LogP contribution in [0.3, 0.4) is 0 Å². The van der Waals surface area contributed by atoms with E-state index >= 15 is 0 Å². The van der Waals surface area contributed by atoms with Gasteiger partial charge in [0.2, 0.25) is 0 Å². The second-order valence-electron chi connectivity index (χ2n) is 3.94. The first-order valence-corrected chi connectivity index (χ1v) is 4.57. The van der Waals surface area contributed by atoms with E-state index in [0.717, 1.165) is 0 Å². The number of carboxylic acids is 1. The lowest BCUT2D eigenvalue weighted by Gasteiger charge is -2.25.